The zero-order valence-electron chi connectivity index (χ0n) is 20.6. The Morgan fingerprint density at radius 2 is 1.90 bits per heavy atom. The summed E-state index contributed by atoms with van der Waals surface area (Å²) >= 11 is 0. The van der Waals surface area contributed by atoms with E-state index >= 15 is 0 Å². The van der Waals surface area contributed by atoms with Gasteiger partial charge in [-0.25, -0.2) is 9.37 Å². The molecule has 1 aliphatic rings. The first-order chi connectivity index (χ1) is 19.0. The first kappa shape index (κ1) is 23.0. The summed E-state index contributed by atoms with van der Waals surface area (Å²) < 4.78 is 14.0. The number of aromatic hydroxyl groups is 1. The van der Waals surface area contributed by atoms with Crippen LogP contribution in [0.2, 0.25) is 0 Å². The molecule has 0 bridgehead atoms. The second kappa shape index (κ2) is 9.02. The van der Waals surface area contributed by atoms with Crippen LogP contribution in [-0.2, 0) is 4.79 Å². The zero-order valence-corrected chi connectivity index (χ0v) is 20.6. The molecule has 5 heterocycles. The molecule has 0 radical (unpaired) electrons. The highest BCUT2D eigenvalue weighted by molar-refractivity contribution is 5.99. The van der Waals surface area contributed by atoms with Crippen LogP contribution in [0.15, 0.2) is 67.1 Å². The summed E-state index contributed by atoms with van der Waals surface area (Å²) in [7, 11) is 0. The number of nitrogens with zero attached hydrogens (tertiary/aromatic N) is 4. The summed E-state index contributed by atoms with van der Waals surface area (Å²) in [6.45, 7) is 0. The molecule has 0 saturated heterocycles. The van der Waals surface area contributed by atoms with Gasteiger partial charge in [0.05, 0.1) is 34.5 Å². The minimum atomic E-state index is -0.546. The van der Waals surface area contributed by atoms with Gasteiger partial charge in [0.1, 0.15) is 22.8 Å². The van der Waals surface area contributed by atoms with E-state index in [1.165, 1.54) is 12.1 Å². The molecule has 7 rings (SSSR count). The normalized spacial score (nSPS) is 13.6. The number of H-pyrrole nitrogens is 2. The van der Waals surface area contributed by atoms with E-state index < -0.39 is 5.82 Å². The number of phenolic OH excluding ortho intramolecular Hbond substituents is 1. The maximum Gasteiger partial charge on any atom is 0.227 e. The standard InChI is InChI=1S/C29H22FN7O2/c30-18-8-16(10-20(38)11-18)26-21-12-25(34-23(21)6-7-32-26)28-27-24(36-37-28)5-4-22(35-27)17-9-19(14-31-13-17)33-29(39)15-2-1-3-15/h4-15,34,38H,1-3H2,(H,33,39)(H,36,37). The second-order valence-corrected chi connectivity index (χ2v) is 9.75. The Bertz CT molecular complexity index is 1870. The molecule has 1 fully saturated rings. The number of rotatable bonds is 5. The molecule has 0 unspecified atom stereocenters. The Labute approximate surface area is 221 Å². The molecule has 10 heteroatoms. The molecule has 1 aromatic carbocycles. The van der Waals surface area contributed by atoms with Crippen molar-refractivity contribution >= 4 is 33.5 Å². The average molecular weight is 520 g/mol. The number of anilines is 1. The highest BCUT2D eigenvalue weighted by Crippen LogP contribution is 2.34. The number of pyridine rings is 3. The Morgan fingerprint density at radius 3 is 2.72 bits per heavy atom. The summed E-state index contributed by atoms with van der Waals surface area (Å²) in [6.07, 6.45) is 7.92. The van der Waals surface area contributed by atoms with Crippen molar-refractivity contribution in [3.63, 3.8) is 0 Å². The molecule has 6 aromatic rings. The zero-order chi connectivity index (χ0) is 26.5. The fourth-order valence-corrected chi connectivity index (χ4v) is 4.93. The van der Waals surface area contributed by atoms with Crippen molar-refractivity contribution in [3.05, 3.63) is 72.9 Å². The third-order valence-corrected chi connectivity index (χ3v) is 7.14. The Morgan fingerprint density at radius 1 is 1.00 bits per heavy atom. The topological polar surface area (TPSA) is 132 Å². The predicted molar refractivity (Wildman–Crippen MR) is 145 cm³/mol. The van der Waals surface area contributed by atoms with Gasteiger partial charge in [0.2, 0.25) is 5.91 Å². The average Bonchev–Trinajstić information content (AvgIpc) is 3.50. The summed E-state index contributed by atoms with van der Waals surface area (Å²) in [4.78, 5) is 29.4. The molecule has 192 valence electrons. The van der Waals surface area contributed by atoms with Crippen LogP contribution >= 0.6 is 0 Å². The number of amides is 1. The number of phenols is 1. The molecule has 0 spiro atoms. The number of nitrogens with one attached hydrogen (secondary N) is 3. The number of carbonyl (C=O) groups excluding carboxylic acids is 1. The first-order valence-corrected chi connectivity index (χ1v) is 12.6. The van der Waals surface area contributed by atoms with Gasteiger partial charge in [0, 0.05) is 46.4 Å². The minimum absolute atomic E-state index is 0.0295. The van der Waals surface area contributed by atoms with Crippen molar-refractivity contribution in [1.29, 1.82) is 0 Å². The lowest BCUT2D eigenvalue weighted by Gasteiger charge is -2.24. The van der Waals surface area contributed by atoms with Crippen LogP contribution in [0.3, 0.4) is 0 Å². The quantitative estimate of drug-likeness (QED) is 0.227. The molecule has 9 nitrogen and oxygen atoms in total. The number of hydrogen-bond donors (Lipinski definition) is 4. The van der Waals surface area contributed by atoms with E-state index in [4.69, 9.17) is 4.98 Å². The van der Waals surface area contributed by atoms with Crippen LogP contribution in [0.25, 0.3) is 55.8 Å². The number of aromatic nitrogens is 6. The monoisotopic (exact) mass is 519 g/mol. The lowest BCUT2D eigenvalue weighted by atomic mass is 9.85. The van der Waals surface area contributed by atoms with Gasteiger partial charge in [-0.05, 0) is 55.3 Å². The fraction of sp³-hybridized carbons (Fsp3) is 0.138. The minimum Gasteiger partial charge on any atom is -0.508 e. The van der Waals surface area contributed by atoms with Gasteiger partial charge in [-0.15, -0.1) is 0 Å². The second-order valence-electron chi connectivity index (χ2n) is 9.75. The van der Waals surface area contributed by atoms with Gasteiger partial charge in [-0.3, -0.25) is 19.9 Å². The van der Waals surface area contributed by atoms with E-state index in [1.807, 2.05) is 30.3 Å². The van der Waals surface area contributed by atoms with Gasteiger partial charge in [-0.2, -0.15) is 5.10 Å². The molecular formula is C29H22FN7O2. The third kappa shape index (κ3) is 4.15. The van der Waals surface area contributed by atoms with Gasteiger partial charge in [0.15, 0.2) is 0 Å². The molecule has 1 amide bonds. The maximum absolute atomic E-state index is 14.0. The summed E-state index contributed by atoms with van der Waals surface area (Å²) in [5, 5.41) is 21.2. The number of carbonyl (C=O) groups is 1. The molecule has 1 saturated carbocycles. The van der Waals surface area contributed by atoms with Crippen molar-refractivity contribution in [3.8, 4) is 39.7 Å². The van der Waals surface area contributed by atoms with E-state index in [-0.39, 0.29) is 17.6 Å². The van der Waals surface area contributed by atoms with E-state index in [9.17, 15) is 14.3 Å². The first-order valence-electron chi connectivity index (χ1n) is 12.6. The smallest absolute Gasteiger partial charge is 0.227 e. The third-order valence-electron chi connectivity index (χ3n) is 7.14. The van der Waals surface area contributed by atoms with E-state index in [2.05, 4.69) is 30.5 Å². The Balaban J connectivity index is 1.27. The Kier molecular flexibility index (Phi) is 5.32. The lowest BCUT2D eigenvalue weighted by molar-refractivity contribution is -0.122. The molecule has 0 aliphatic heterocycles. The van der Waals surface area contributed by atoms with Crippen molar-refractivity contribution in [2.45, 2.75) is 19.3 Å². The van der Waals surface area contributed by atoms with E-state index in [1.54, 1.807) is 18.6 Å². The van der Waals surface area contributed by atoms with Gasteiger partial charge < -0.3 is 15.4 Å². The summed E-state index contributed by atoms with van der Waals surface area (Å²) in [5.41, 5.74) is 6.59. The van der Waals surface area contributed by atoms with Gasteiger partial charge >= 0.3 is 0 Å². The fourth-order valence-electron chi connectivity index (χ4n) is 4.93. The van der Waals surface area contributed by atoms with Crippen LogP contribution < -0.4 is 5.32 Å². The van der Waals surface area contributed by atoms with Crippen molar-refractivity contribution in [2.75, 3.05) is 5.32 Å². The Hall–Kier alpha value is -5.12. The van der Waals surface area contributed by atoms with Crippen LogP contribution in [-0.4, -0.2) is 41.1 Å². The largest absolute Gasteiger partial charge is 0.508 e. The van der Waals surface area contributed by atoms with Crippen molar-refractivity contribution in [1.82, 2.24) is 30.1 Å². The molecule has 4 N–H and O–H groups in total. The molecular weight excluding hydrogens is 497 g/mol. The number of halogens is 1. The SMILES string of the molecule is O=C(Nc1cncc(-c2ccc3[nH]nc(-c4cc5c(-c6cc(O)cc(F)c6)nccc5[nH]4)c3n2)c1)C1CCC1. The van der Waals surface area contributed by atoms with Crippen LogP contribution in [0.1, 0.15) is 19.3 Å². The molecule has 39 heavy (non-hydrogen) atoms. The van der Waals surface area contributed by atoms with E-state index in [0.29, 0.717) is 39.5 Å². The number of fused-ring (bicyclic) bond motifs is 2. The van der Waals surface area contributed by atoms with Crippen LogP contribution in [0, 0.1) is 11.7 Å². The van der Waals surface area contributed by atoms with Crippen LogP contribution in [0.4, 0.5) is 10.1 Å². The summed E-state index contributed by atoms with van der Waals surface area (Å²) in [5.74, 6) is -0.608. The number of benzene rings is 1. The van der Waals surface area contributed by atoms with E-state index in [0.717, 1.165) is 47.3 Å². The maximum atomic E-state index is 14.0. The number of hydrogen-bond acceptors (Lipinski definition) is 6. The van der Waals surface area contributed by atoms with Crippen molar-refractivity contribution < 1.29 is 14.3 Å². The lowest BCUT2D eigenvalue weighted by Crippen LogP contribution is -2.28. The highest BCUT2D eigenvalue weighted by atomic mass is 19.1. The van der Waals surface area contributed by atoms with Gasteiger partial charge in [-0.1, -0.05) is 6.42 Å². The number of aromatic amines is 2. The van der Waals surface area contributed by atoms with Crippen LogP contribution in [0.5, 0.6) is 5.75 Å². The van der Waals surface area contributed by atoms with Gasteiger partial charge in [0.25, 0.3) is 0 Å². The summed E-state index contributed by atoms with van der Waals surface area (Å²) in [6, 6.07) is 13.2. The molecule has 1 aliphatic carbocycles. The molecule has 0 atom stereocenters. The van der Waals surface area contributed by atoms with Crippen molar-refractivity contribution in [2.24, 2.45) is 5.92 Å². The molecule has 5 aromatic heterocycles. The highest BCUT2D eigenvalue weighted by Gasteiger charge is 2.25. The predicted octanol–water partition coefficient (Wildman–Crippen LogP) is 5.81.